The van der Waals surface area contributed by atoms with E-state index in [0.29, 0.717) is 26.1 Å². The van der Waals surface area contributed by atoms with Crippen LogP contribution in [0.15, 0.2) is 47.5 Å². The molecule has 0 unspecified atom stereocenters. The average Bonchev–Trinajstić information content (AvgIpc) is 3.11. The molecule has 5 nitrogen and oxygen atoms in total. The van der Waals surface area contributed by atoms with Crippen LogP contribution < -0.4 is 10.6 Å². The van der Waals surface area contributed by atoms with Crippen LogP contribution in [0.5, 0.6) is 0 Å². The van der Waals surface area contributed by atoms with E-state index in [1.54, 1.807) is 13.1 Å². The summed E-state index contributed by atoms with van der Waals surface area (Å²) in [6.07, 6.45) is 2.40. The fraction of sp³-hybridized carbons (Fsp3) is 0.391. The largest absolute Gasteiger partial charge is 0.356 e. The second-order valence-electron chi connectivity index (χ2n) is 7.36. The summed E-state index contributed by atoms with van der Waals surface area (Å²) in [6.45, 7) is 4.76. The monoisotopic (exact) mass is 524 g/mol. The van der Waals surface area contributed by atoms with Gasteiger partial charge in [-0.25, -0.2) is 4.39 Å². The highest BCUT2D eigenvalue weighted by atomic mass is 127. The minimum Gasteiger partial charge on any atom is -0.356 e. The highest BCUT2D eigenvalue weighted by molar-refractivity contribution is 14.0. The van der Waals surface area contributed by atoms with Crippen molar-refractivity contribution in [3.05, 3.63) is 70.5 Å². The predicted molar refractivity (Wildman–Crippen MR) is 130 cm³/mol. The zero-order valence-electron chi connectivity index (χ0n) is 17.6. The number of carbonyl (C=O) groups is 1. The van der Waals surface area contributed by atoms with E-state index in [0.717, 1.165) is 47.6 Å². The van der Waals surface area contributed by atoms with Gasteiger partial charge >= 0.3 is 0 Å². The van der Waals surface area contributed by atoms with Crippen molar-refractivity contribution < 1.29 is 9.18 Å². The molecule has 0 aliphatic carbocycles. The van der Waals surface area contributed by atoms with Gasteiger partial charge in [0.25, 0.3) is 0 Å². The van der Waals surface area contributed by atoms with Crippen LogP contribution in [0, 0.1) is 12.7 Å². The van der Waals surface area contributed by atoms with Crippen molar-refractivity contribution in [2.75, 3.05) is 20.1 Å². The summed E-state index contributed by atoms with van der Waals surface area (Å²) in [7, 11) is 1.74. The van der Waals surface area contributed by atoms with Crippen LogP contribution in [-0.2, 0) is 24.3 Å². The van der Waals surface area contributed by atoms with Crippen LogP contribution in [0.2, 0.25) is 0 Å². The number of guanidine groups is 1. The third kappa shape index (κ3) is 6.68. The molecule has 0 saturated carbocycles. The van der Waals surface area contributed by atoms with Crippen LogP contribution in [-0.4, -0.2) is 36.9 Å². The number of benzene rings is 2. The van der Waals surface area contributed by atoms with Crippen molar-refractivity contribution in [2.45, 2.75) is 39.3 Å². The number of aliphatic imine (C=N–C) groups is 1. The van der Waals surface area contributed by atoms with Crippen LogP contribution >= 0.6 is 24.0 Å². The molecule has 1 aliphatic rings. The molecule has 7 heteroatoms. The lowest BCUT2D eigenvalue weighted by Crippen LogP contribution is -2.38. The van der Waals surface area contributed by atoms with Crippen LogP contribution in [0.25, 0.3) is 0 Å². The molecule has 0 bridgehead atoms. The maximum absolute atomic E-state index is 13.2. The molecule has 0 spiro atoms. The van der Waals surface area contributed by atoms with E-state index in [1.165, 1.54) is 6.07 Å². The Morgan fingerprint density at radius 1 is 1.13 bits per heavy atom. The Balaban J connectivity index is 0.00000320. The number of hydrogen-bond acceptors (Lipinski definition) is 2. The zero-order valence-corrected chi connectivity index (χ0v) is 19.9. The first-order valence-electron chi connectivity index (χ1n) is 10.1. The molecular formula is C23H30FIN4O. The van der Waals surface area contributed by atoms with Crippen LogP contribution in [0.4, 0.5) is 4.39 Å². The summed E-state index contributed by atoms with van der Waals surface area (Å²) in [5.74, 6) is 0.754. The summed E-state index contributed by atoms with van der Waals surface area (Å²) < 4.78 is 13.2. The van der Waals surface area contributed by atoms with Gasteiger partial charge in [0.1, 0.15) is 5.82 Å². The molecule has 3 rings (SSSR count). The Labute approximate surface area is 195 Å². The van der Waals surface area contributed by atoms with Crippen molar-refractivity contribution in [1.29, 1.82) is 0 Å². The molecule has 1 amide bonds. The summed E-state index contributed by atoms with van der Waals surface area (Å²) in [5.41, 5.74) is 4.40. The molecule has 1 aliphatic heterocycles. The van der Waals surface area contributed by atoms with Gasteiger partial charge in [-0.2, -0.15) is 0 Å². The van der Waals surface area contributed by atoms with Crippen LogP contribution in [0.1, 0.15) is 35.1 Å². The molecule has 1 heterocycles. The van der Waals surface area contributed by atoms with Gasteiger partial charge in [0.05, 0.1) is 0 Å². The van der Waals surface area contributed by atoms with Gasteiger partial charge in [0.15, 0.2) is 5.96 Å². The lowest BCUT2D eigenvalue weighted by molar-refractivity contribution is -0.128. The number of nitrogens with one attached hydrogen (secondary N) is 2. The SMILES string of the molecule is CN=C(NCCc1ccc(F)cc1C)NCc1ccccc1CN1CCCC1=O.I. The van der Waals surface area contributed by atoms with E-state index in [-0.39, 0.29) is 35.7 Å². The Hall–Kier alpha value is -2.16. The minimum atomic E-state index is -0.203. The average molecular weight is 524 g/mol. The van der Waals surface area contributed by atoms with Gasteiger partial charge < -0.3 is 15.5 Å². The van der Waals surface area contributed by atoms with E-state index in [2.05, 4.69) is 27.8 Å². The first-order chi connectivity index (χ1) is 14.1. The lowest BCUT2D eigenvalue weighted by Gasteiger charge is -2.19. The smallest absolute Gasteiger partial charge is 0.222 e. The minimum absolute atomic E-state index is 0. The number of hydrogen-bond donors (Lipinski definition) is 2. The van der Waals surface area contributed by atoms with Gasteiger partial charge in [-0.1, -0.05) is 30.3 Å². The fourth-order valence-electron chi connectivity index (χ4n) is 3.62. The van der Waals surface area contributed by atoms with E-state index in [9.17, 15) is 9.18 Å². The summed E-state index contributed by atoms with van der Waals surface area (Å²) >= 11 is 0. The molecule has 0 aromatic heterocycles. The molecule has 162 valence electrons. The van der Waals surface area contributed by atoms with Gasteiger partial charge in [-0.15, -0.1) is 24.0 Å². The van der Waals surface area contributed by atoms with E-state index in [4.69, 9.17) is 0 Å². The molecule has 0 radical (unpaired) electrons. The van der Waals surface area contributed by atoms with Crippen molar-refractivity contribution in [1.82, 2.24) is 15.5 Å². The summed E-state index contributed by atoms with van der Waals surface area (Å²) in [6, 6.07) is 13.1. The number of halogens is 2. The molecular weight excluding hydrogens is 494 g/mol. The molecule has 2 aromatic carbocycles. The van der Waals surface area contributed by atoms with Crippen molar-refractivity contribution in [3.8, 4) is 0 Å². The normalized spacial score (nSPS) is 13.9. The number of aryl methyl sites for hydroxylation is 1. The standard InChI is InChI=1S/C23H29FN4O.HI/c1-17-14-21(24)10-9-18(17)11-12-26-23(25-2)27-15-19-6-3-4-7-20(19)16-28-13-5-8-22(28)29;/h3-4,6-7,9-10,14H,5,8,11-13,15-16H2,1-2H3,(H2,25,26,27);1H. The number of carbonyl (C=O) groups excluding carboxylic acids is 1. The maximum Gasteiger partial charge on any atom is 0.222 e. The van der Waals surface area contributed by atoms with Crippen molar-refractivity contribution >= 4 is 35.8 Å². The third-order valence-electron chi connectivity index (χ3n) is 5.31. The maximum atomic E-state index is 13.2. The second kappa shape index (κ2) is 11.9. The molecule has 1 saturated heterocycles. The highest BCUT2D eigenvalue weighted by Crippen LogP contribution is 2.17. The highest BCUT2D eigenvalue weighted by Gasteiger charge is 2.20. The fourth-order valence-corrected chi connectivity index (χ4v) is 3.62. The van der Waals surface area contributed by atoms with Crippen molar-refractivity contribution in [2.24, 2.45) is 4.99 Å². The van der Waals surface area contributed by atoms with Gasteiger partial charge in [-0.3, -0.25) is 9.79 Å². The number of likely N-dealkylation sites (tertiary alicyclic amines) is 1. The van der Waals surface area contributed by atoms with Crippen LogP contribution in [0.3, 0.4) is 0 Å². The number of nitrogens with zero attached hydrogens (tertiary/aromatic N) is 2. The van der Waals surface area contributed by atoms with E-state index >= 15 is 0 Å². The van der Waals surface area contributed by atoms with Gasteiger partial charge in [0.2, 0.25) is 5.91 Å². The van der Waals surface area contributed by atoms with Gasteiger partial charge in [-0.05, 0) is 54.2 Å². The summed E-state index contributed by atoms with van der Waals surface area (Å²) in [4.78, 5) is 18.2. The zero-order chi connectivity index (χ0) is 20.6. The number of amides is 1. The molecule has 0 atom stereocenters. The predicted octanol–water partition coefficient (Wildman–Crippen LogP) is 3.78. The van der Waals surface area contributed by atoms with Gasteiger partial charge in [0, 0.05) is 39.6 Å². The number of rotatable bonds is 7. The molecule has 1 fully saturated rings. The first-order valence-corrected chi connectivity index (χ1v) is 10.1. The molecule has 2 aromatic rings. The lowest BCUT2D eigenvalue weighted by atomic mass is 10.1. The Morgan fingerprint density at radius 3 is 2.57 bits per heavy atom. The Morgan fingerprint density at radius 2 is 1.90 bits per heavy atom. The van der Waals surface area contributed by atoms with E-state index < -0.39 is 0 Å². The van der Waals surface area contributed by atoms with E-state index in [1.807, 2.05) is 30.0 Å². The van der Waals surface area contributed by atoms with Crippen molar-refractivity contribution in [3.63, 3.8) is 0 Å². The molecule has 30 heavy (non-hydrogen) atoms. The second-order valence-corrected chi connectivity index (χ2v) is 7.36. The molecule has 2 N–H and O–H groups in total. The quantitative estimate of drug-likeness (QED) is 0.330. The summed E-state index contributed by atoms with van der Waals surface area (Å²) in [5, 5.41) is 6.66. The topological polar surface area (TPSA) is 56.7 Å². The Kier molecular flexibility index (Phi) is 9.55. The Bertz CT molecular complexity index is 887. The first kappa shape index (κ1) is 24.1. The third-order valence-corrected chi connectivity index (χ3v) is 5.31.